The third-order valence-electron chi connectivity index (χ3n) is 3.91. The third-order valence-corrected chi connectivity index (χ3v) is 4.85. The van der Waals surface area contributed by atoms with Gasteiger partial charge in [-0.25, -0.2) is 4.98 Å². The number of ether oxygens (including phenoxy) is 2. The maximum Gasteiger partial charge on any atom is 0.123 e. The van der Waals surface area contributed by atoms with E-state index in [9.17, 15) is 0 Å². The highest BCUT2D eigenvalue weighted by atomic mass is 32.1. The molecule has 2 heterocycles. The molecule has 0 aliphatic carbocycles. The van der Waals surface area contributed by atoms with Crippen LogP contribution in [-0.4, -0.2) is 56.4 Å². The first-order valence-corrected chi connectivity index (χ1v) is 8.72. The number of nitrogens with zero attached hydrogens (tertiary/aromatic N) is 2. The van der Waals surface area contributed by atoms with Crippen LogP contribution in [0.2, 0.25) is 0 Å². The van der Waals surface area contributed by atoms with Crippen molar-refractivity contribution in [3.05, 3.63) is 35.3 Å². The van der Waals surface area contributed by atoms with Gasteiger partial charge in [0, 0.05) is 37.1 Å². The van der Waals surface area contributed by atoms with Crippen LogP contribution in [0, 0.1) is 0 Å². The number of hydrogen-bond acceptors (Lipinski definition) is 6. The van der Waals surface area contributed by atoms with E-state index in [0.717, 1.165) is 54.8 Å². The van der Waals surface area contributed by atoms with Gasteiger partial charge in [0.1, 0.15) is 10.8 Å². The fraction of sp³-hybridized carbons (Fsp3) is 0.471. The first-order chi connectivity index (χ1) is 11.2. The predicted octanol–water partition coefficient (Wildman–Crippen LogP) is 2.24. The van der Waals surface area contributed by atoms with E-state index >= 15 is 0 Å². The van der Waals surface area contributed by atoms with E-state index < -0.39 is 0 Å². The van der Waals surface area contributed by atoms with E-state index in [1.807, 2.05) is 24.3 Å². The Morgan fingerprint density at radius 3 is 2.96 bits per heavy atom. The Kier molecular flexibility index (Phi) is 5.61. The lowest BCUT2D eigenvalue weighted by molar-refractivity contribution is -0.0182. The molecule has 0 bridgehead atoms. The summed E-state index contributed by atoms with van der Waals surface area (Å²) < 4.78 is 10.9. The Balaban J connectivity index is 1.50. The quantitative estimate of drug-likeness (QED) is 0.878. The second kappa shape index (κ2) is 7.88. The first-order valence-electron chi connectivity index (χ1n) is 7.84. The minimum absolute atomic E-state index is 0.272. The van der Waals surface area contributed by atoms with Crippen LogP contribution in [0.15, 0.2) is 29.6 Å². The number of nitrogens with one attached hydrogen (secondary N) is 1. The van der Waals surface area contributed by atoms with Gasteiger partial charge < -0.3 is 19.7 Å². The van der Waals surface area contributed by atoms with Gasteiger partial charge in [0.05, 0.1) is 25.5 Å². The molecule has 0 saturated carbocycles. The first kappa shape index (κ1) is 16.4. The van der Waals surface area contributed by atoms with Crippen molar-refractivity contribution < 1.29 is 9.47 Å². The lowest BCUT2D eigenvalue weighted by Crippen LogP contribution is -2.44. The molecule has 0 radical (unpaired) electrons. The number of thiazole rings is 1. The minimum Gasteiger partial charge on any atom is -0.497 e. The molecule has 1 aromatic carbocycles. The molecule has 23 heavy (non-hydrogen) atoms. The fourth-order valence-corrected chi connectivity index (χ4v) is 3.43. The predicted molar refractivity (Wildman–Crippen MR) is 93.0 cm³/mol. The second-order valence-corrected chi connectivity index (χ2v) is 6.62. The summed E-state index contributed by atoms with van der Waals surface area (Å²) in [5, 5.41) is 6.60. The van der Waals surface area contributed by atoms with Crippen LogP contribution < -0.4 is 10.1 Å². The average molecular weight is 333 g/mol. The zero-order valence-electron chi connectivity index (χ0n) is 13.6. The van der Waals surface area contributed by atoms with Crippen molar-refractivity contribution in [2.45, 2.75) is 12.6 Å². The van der Waals surface area contributed by atoms with Crippen molar-refractivity contribution >= 4 is 11.3 Å². The maximum atomic E-state index is 5.75. The highest BCUT2D eigenvalue weighted by Gasteiger charge is 2.17. The molecule has 6 heteroatoms. The van der Waals surface area contributed by atoms with Crippen LogP contribution in [0.5, 0.6) is 5.75 Å². The smallest absolute Gasteiger partial charge is 0.123 e. The highest BCUT2D eigenvalue weighted by Crippen LogP contribution is 2.25. The molecule has 1 fully saturated rings. The van der Waals surface area contributed by atoms with Crippen LogP contribution in [0.1, 0.15) is 5.69 Å². The largest absolute Gasteiger partial charge is 0.497 e. The van der Waals surface area contributed by atoms with E-state index in [0.29, 0.717) is 0 Å². The maximum absolute atomic E-state index is 5.75. The normalized spacial score (nSPS) is 19.0. The second-order valence-electron chi connectivity index (χ2n) is 5.76. The summed E-state index contributed by atoms with van der Waals surface area (Å²) in [6.07, 6.45) is 0.272. The molecular formula is C17H23N3O2S. The summed E-state index contributed by atoms with van der Waals surface area (Å²) in [6.45, 7) is 4.46. The van der Waals surface area contributed by atoms with Crippen molar-refractivity contribution in [3.8, 4) is 16.3 Å². The van der Waals surface area contributed by atoms with Crippen molar-refractivity contribution in [3.63, 3.8) is 0 Å². The number of likely N-dealkylation sites (N-methyl/N-ethyl adjacent to an activating group) is 1. The SMILES string of the molecule is COc1ccc(-c2nc(CNC[C@H]3CN(C)CCO3)cs2)cc1. The van der Waals surface area contributed by atoms with Gasteiger partial charge >= 0.3 is 0 Å². The van der Waals surface area contributed by atoms with Crippen LogP contribution in [0.25, 0.3) is 10.6 Å². The van der Waals surface area contributed by atoms with Gasteiger partial charge in [-0.3, -0.25) is 0 Å². The lowest BCUT2D eigenvalue weighted by Gasteiger charge is -2.30. The number of hydrogen-bond donors (Lipinski definition) is 1. The van der Waals surface area contributed by atoms with Gasteiger partial charge in [0.25, 0.3) is 0 Å². The Morgan fingerprint density at radius 1 is 1.39 bits per heavy atom. The van der Waals surface area contributed by atoms with Crippen molar-refractivity contribution in [1.82, 2.24) is 15.2 Å². The lowest BCUT2D eigenvalue weighted by atomic mass is 10.2. The highest BCUT2D eigenvalue weighted by molar-refractivity contribution is 7.13. The molecule has 0 amide bonds. The Morgan fingerprint density at radius 2 is 2.22 bits per heavy atom. The summed E-state index contributed by atoms with van der Waals surface area (Å²) in [7, 11) is 3.81. The number of aromatic nitrogens is 1. The van der Waals surface area contributed by atoms with Crippen LogP contribution in [0.3, 0.4) is 0 Å². The average Bonchev–Trinajstić information content (AvgIpc) is 3.04. The zero-order valence-corrected chi connectivity index (χ0v) is 14.4. The van der Waals surface area contributed by atoms with Gasteiger partial charge in [-0.2, -0.15) is 0 Å². The van der Waals surface area contributed by atoms with Gasteiger partial charge in [0.2, 0.25) is 0 Å². The molecular weight excluding hydrogens is 310 g/mol. The summed E-state index contributed by atoms with van der Waals surface area (Å²) in [6, 6.07) is 8.01. The summed E-state index contributed by atoms with van der Waals surface area (Å²) in [5.74, 6) is 0.865. The Hall–Kier alpha value is -1.47. The Bertz CT molecular complexity index is 615. The monoisotopic (exact) mass is 333 g/mol. The summed E-state index contributed by atoms with van der Waals surface area (Å²) in [5.41, 5.74) is 2.20. The molecule has 0 unspecified atom stereocenters. The topological polar surface area (TPSA) is 46.6 Å². The van der Waals surface area contributed by atoms with Gasteiger partial charge in [0.15, 0.2) is 0 Å². The molecule has 1 aliphatic rings. The zero-order chi connectivity index (χ0) is 16.1. The molecule has 1 saturated heterocycles. The Labute approximate surface area is 141 Å². The van der Waals surface area contributed by atoms with Crippen LogP contribution in [0.4, 0.5) is 0 Å². The van der Waals surface area contributed by atoms with E-state index in [1.165, 1.54) is 0 Å². The van der Waals surface area contributed by atoms with Gasteiger partial charge in [-0.1, -0.05) is 0 Å². The molecule has 1 atom stereocenters. The van der Waals surface area contributed by atoms with E-state index in [4.69, 9.17) is 14.5 Å². The summed E-state index contributed by atoms with van der Waals surface area (Å²) >= 11 is 1.67. The van der Waals surface area contributed by atoms with Crippen LogP contribution >= 0.6 is 11.3 Å². The minimum atomic E-state index is 0.272. The number of rotatable bonds is 6. The third kappa shape index (κ3) is 4.51. The summed E-state index contributed by atoms with van der Waals surface area (Å²) in [4.78, 5) is 7.00. The van der Waals surface area contributed by atoms with E-state index in [1.54, 1.807) is 18.4 Å². The molecule has 1 N–H and O–H groups in total. The van der Waals surface area contributed by atoms with E-state index in [-0.39, 0.29) is 6.10 Å². The molecule has 2 aromatic rings. The fourth-order valence-electron chi connectivity index (χ4n) is 2.61. The number of methoxy groups -OCH3 is 1. The number of benzene rings is 1. The molecule has 1 aromatic heterocycles. The molecule has 124 valence electrons. The van der Waals surface area contributed by atoms with E-state index in [2.05, 4.69) is 22.6 Å². The van der Waals surface area contributed by atoms with Crippen molar-refractivity contribution in [1.29, 1.82) is 0 Å². The standard InChI is InChI=1S/C17H23N3O2S/c1-20-7-8-22-16(11-20)10-18-9-14-12-23-17(19-14)13-3-5-15(21-2)6-4-13/h3-6,12,16,18H,7-11H2,1-2H3/t16-/m0/s1. The molecule has 1 aliphatic heterocycles. The molecule has 5 nitrogen and oxygen atoms in total. The number of morpholine rings is 1. The van der Waals surface area contributed by atoms with Crippen LogP contribution in [-0.2, 0) is 11.3 Å². The van der Waals surface area contributed by atoms with Gasteiger partial charge in [-0.05, 0) is 31.3 Å². The molecule has 0 spiro atoms. The molecule has 3 rings (SSSR count). The van der Waals surface area contributed by atoms with Crippen molar-refractivity contribution in [2.24, 2.45) is 0 Å². The van der Waals surface area contributed by atoms with Gasteiger partial charge in [-0.15, -0.1) is 11.3 Å². The van der Waals surface area contributed by atoms with Crippen molar-refractivity contribution in [2.75, 3.05) is 40.4 Å².